The molecular formula is C18H19BrOS. The molecule has 21 heavy (non-hydrogen) atoms. The minimum absolute atomic E-state index is 0.263. The highest BCUT2D eigenvalue weighted by Gasteiger charge is 2.25. The zero-order chi connectivity index (χ0) is 14.7. The molecule has 3 heteroatoms. The van der Waals surface area contributed by atoms with Crippen molar-refractivity contribution in [2.45, 2.75) is 23.7 Å². The van der Waals surface area contributed by atoms with Gasteiger partial charge >= 0.3 is 0 Å². The van der Waals surface area contributed by atoms with Crippen molar-refractivity contribution in [1.82, 2.24) is 0 Å². The fraction of sp³-hybridized carbons (Fsp3) is 0.333. The lowest BCUT2D eigenvalue weighted by Gasteiger charge is -2.19. The highest BCUT2D eigenvalue weighted by Crippen LogP contribution is 2.42. The Balaban J connectivity index is 1.67. The molecule has 2 aromatic carbocycles. The maximum absolute atomic E-state index is 9.73. The molecule has 0 amide bonds. The van der Waals surface area contributed by atoms with Crippen LogP contribution in [0, 0.1) is 5.92 Å². The van der Waals surface area contributed by atoms with E-state index in [0.29, 0.717) is 11.8 Å². The van der Waals surface area contributed by atoms with Crippen molar-refractivity contribution in [3.05, 3.63) is 64.1 Å². The van der Waals surface area contributed by atoms with Crippen molar-refractivity contribution in [1.29, 1.82) is 0 Å². The predicted octanol–water partition coefficient (Wildman–Crippen LogP) is 4.88. The second kappa shape index (κ2) is 6.99. The summed E-state index contributed by atoms with van der Waals surface area (Å²) in [6, 6.07) is 17.1. The van der Waals surface area contributed by atoms with E-state index in [2.05, 4.69) is 64.5 Å². The third kappa shape index (κ3) is 3.71. The number of thioether (sulfide) groups is 1. The van der Waals surface area contributed by atoms with Crippen LogP contribution in [0.25, 0.3) is 0 Å². The number of hydrogen-bond donors (Lipinski definition) is 1. The molecule has 2 aromatic rings. The van der Waals surface area contributed by atoms with Gasteiger partial charge in [0, 0.05) is 21.7 Å². The van der Waals surface area contributed by atoms with Gasteiger partial charge in [0.15, 0.2) is 0 Å². The van der Waals surface area contributed by atoms with E-state index in [-0.39, 0.29) is 6.61 Å². The molecule has 1 aliphatic heterocycles. The van der Waals surface area contributed by atoms with Crippen LogP contribution < -0.4 is 0 Å². The van der Waals surface area contributed by atoms with Crippen molar-refractivity contribution in [3.63, 3.8) is 0 Å². The Kier molecular flexibility index (Phi) is 5.04. The Morgan fingerprint density at radius 3 is 2.67 bits per heavy atom. The van der Waals surface area contributed by atoms with E-state index < -0.39 is 0 Å². The quantitative estimate of drug-likeness (QED) is 0.817. The summed E-state index contributed by atoms with van der Waals surface area (Å²) in [5.41, 5.74) is 2.77. The number of aliphatic hydroxyl groups is 1. The summed E-state index contributed by atoms with van der Waals surface area (Å²) < 4.78 is 1.10. The van der Waals surface area contributed by atoms with E-state index in [1.165, 1.54) is 16.0 Å². The van der Waals surface area contributed by atoms with Crippen LogP contribution in [0.2, 0.25) is 0 Å². The first-order valence-electron chi connectivity index (χ1n) is 7.33. The molecule has 2 unspecified atom stereocenters. The highest BCUT2D eigenvalue weighted by molar-refractivity contribution is 9.10. The van der Waals surface area contributed by atoms with E-state index in [9.17, 15) is 5.11 Å². The minimum Gasteiger partial charge on any atom is -0.396 e. The number of rotatable bonds is 5. The van der Waals surface area contributed by atoms with Gasteiger partial charge in [0.05, 0.1) is 0 Å². The Morgan fingerprint density at radius 2 is 1.90 bits per heavy atom. The molecule has 2 atom stereocenters. The molecule has 1 aliphatic rings. The van der Waals surface area contributed by atoms with E-state index >= 15 is 0 Å². The van der Waals surface area contributed by atoms with Gasteiger partial charge in [-0.25, -0.2) is 0 Å². The Hall–Kier alpha value is -0.770. The monoisotopic (exact) mass is 362 g/mol. The molecule has 0 spiro atoms. The second-order valence-corrected chi connectivity index (χ2v) is 7.64. The number of hydrogen-bond acceptors (Lipinski definition) is 2. The first-order chi connectivity index (χ1) is 10.3. The van der Waals surface area contributed by atoms with Gasteiger partial charge in [-0.3, -0.25) is 0 Å². The number of halogens is 1. The van der Waals surface area contributed by atoms with Gasteiger partial charge in [-0.15, -0.1) is 11.8 Å². The van der Waals surface area contributed by atoms with Gasteiger partial charge in [0.25, 0.3) is 0 Å². The summed E-state index contributed by atoms with van der Waals surface area (Å²) in [5, 5.41) is 9.73. The zero-order valence-corrected chi connectivity index (χ0v) is 14.2. The van der Waals surface area contributed by atoms with Gasteiger partial charge in [-0.1, -0.05) is 46.3 Å². The SMILES string of the molecule is OCC(Cc1ccc(Br)cc1)CC1CSc2ccccc21. The summed E-state index contributed by atoms with van der Waals surface area (Å²) in [5.74, 6) is 2.07. The summed E-state index contributed by atoms with van der Waals surface area (Å²) in [6.45, 7) is 0.263. The largest absolute Gasteiger partial charge is 0.396 e. The van der Waals surface area contributed by atoms with Crippen molar-refractivity contribution < 1.29 is 5.11 Å². The Morgan fingerprint density at radius 1 is 1.14 bits per heavy atom. The molecule has 1 N–H and O–H groups in total. The predicted molar refractivity (Wildman–Crippen MR) is 92.9 cm³/mol. The van der Waals surface area contributed by atoms with Crippen LogP contribution in [0.1, 0.15) is 23.5 Å². The number of aliphatic hydroxyl groups excluding tert-OH is 1. The lowest BCUT2D eigenvalue weighted by Crippen LogP contribution is -2.14. The van der Waals surface area contributed by atoms with Crippen molar-refractivity contribution in [2.24, 2.45) is 5.92 Å². The Bertz CT molecular complexity index is 596. The number of fused-ring (bicyclic) bond motifs is 1. The fourth-order valence-electron chi connectivity index (χ4n) is 3.00. The summed E-state index contributed by atoms with van der Waals surface area (Å²) in [7, 11) is 0. The summed E-state index contributed by atoms with van der Waals surface area (Å²) in [4.78, 5) is 1.42. The maximum atomic E-state index is 9.73. The Labute approximate surface area is 138 Å². The second-order valence-electron chi connectivity index (χ2n) is 5.66. The maximum Gasteiger partial charge on any atom is 0.0462 e. The van der Waals surface area contributed by atoms with Crippen LogP contribution >= 0.6 is 27.7 Å². The lowest BCUT2D eigenvalue weighted by molar-refractivity contribution is 0.212. The molecule has 0 saturated heterocycles. The van der Waals surface area contributed by atoms with Crippen molar-refractivity contribution in [3.8, 4) is 0 Å². The average Bonchev–Trinajstić information content (AvgIpc) is 2.92. The lowest BCUT2D eigenvalue weighted by atomic mass is 9.87. The van der Waals surface area contributed by atoms with Gasteiger partial charge in [0.1, 0.15) is 0 Å². The molecule has 0 saturated carbocycles. The molecule has 110 valence electrons. The van der Waals surface area contributed by atoms with Crippen molar-refractivity contribution >= 4 is 27.7 Å². The molecule has 0 aliphatic carbocycles. The highest BCUT2D eigenvalue weighted by atomic mass is 79.9. The van der Waals surface area contributed by atoms with Crippen LogP contribution in [-0.2, 0) is 6.42 Å². The summed E-state index contributed by atoms with van der Waals surface area (Å²) in [6.07, 6.45) is 2.02. The minimum atomic E-state index is 0.263. The first kappa shape index (κ1) is 15.1. The average molecular weight is 363 g/mol. The van der Waals surface area contributed by atoms with Crippen LogP contribution in [0.5, 0.6) is 0 Å². The van der Waals surface area contributed by atoms with Gasteiger partial charge in [-0.05, 0) is 54.0 Å². The van der Waals surface area contributed by atoms with Crippen molar-refractivity contribution in [2.75, 3.05) is 12.4 Å². The van der Waals surface area contributed by atoms with Gasteiger partial charge in [-0.2, -0.15) is 0 Å². The van der Waals surface area contributed by atoms with E-state index in [1.54, 1.807) is 0 Å². The van der Waals surface area contributed by atoms with Gasteiger partial charge < -0.3 is 5.11 Å². The molecule has 0 fully saturated rings. The topological polar surface area (TPSA) is 20.2 Å². The van der Waals surface area contributed by atoms with E-state index in [4.69, 9.17) is 0 Å². The van der Waals surface area contributed by atoms with E-state index in [1.807, 2.05) is 11.8 Å². The van der Waals surface area contributed by atoms with E-state index in [0.717, 1.165) is 23.1 Å². The fourth-order valence-corrected chi connectivity index (χ4v) is 4.54. The first-order valence-corrected chi connectivity index (χ1v) is 9.11. The van der Waals surface area contributed by atoms with Crippen LogP contribution in [-0.4, -0.2) is 17.5 Å². The summed E-state index contributed by atoms with van der Waals surface area (Å²) >= 11 is 5.41. The molecule has 0 aromatic heterocycles. The zero-order valence-electron chi connectivity index (χ0n) is 11.8. The van der Waals surface area contributed by atoms with Crippen LogP contribution in [0.3, 0.4) is 0 Å². The molecular weight excluding hydrogens is 344 g/mol. The number of benzene rings is 2. The molecule has 0 bridgehead atoms. The van der Waals surface area contributed by atoms with Crippen LogP contribution in [0.15, 0.2) is 57.9 Å². The molecule has 0 radical (unpaired) electrons. The molecule has 3 rings (SSSR count). The standard InChI is InChI=1S/C18H19BrOS/c19-16-7-5-13(6-8-16)9-14(11-20)10-15-12-21-18-4-2-1-3-17(15)18/h1-8,14-15,20H,9-12H2. The third-order valence-corrected chi connectivity index (χ3v) is 5.89. The normalized spacial score (nSPS) is 18.5. The smallest absolute Gasteiger partial charge is 0.0462 e. The molecule has 1 nitrogen and oxygen atoms in total. The molecule has 1 heterocycles. The van der Waals surface area contributed by atoms with Crippen LogP contribution in [0.4, 0.5) is 0 Å². The van der Waals surface area contributed by atoms with Gasteiger partial charge in [0.2, 0.25) is 0 Å². The third-order valence-electron chi connectivity index (χ3n) is 4.11.